The molecule has 12 nitrogen and oxygen atoms in total. The smallest absolute Gasteiger partial charge is 0.408 e. The van der Waals surface area contributed by atoms with E-state index in [1.807, 2.05) is 11.8 Å². The number of hydrogen-bond acceptors (Lipinski definition) is 10. The normalized spacial score (nSPS) is 23.4. The molecule has 1 aliphatic heterocycles. The molecule has 1 saturated heterocycles. The molecule has 2 aliphatic rings. The Morgan fingerprint density at radius 1 is 1.14 bits per heavy atom. The zero-order valence-electron chi connectivity index (χ0n) is 21.8. The quantitative estimate of drug-likeness (QED) is 0.348. The Morgan fingerprint density at radius 3 is 2.39 bits per heavy atom. The number of hydrogen-bond donors (Lipinski definition) is 1. The minimum Gasteiger partial charge on any atom is -0.460 e. The Bertz CT molecular complexity index is 1040. The van der Waals surface area contributed by atoms with E-state index in [2.05, 4.69) is 10.3 Å². The number of pyridine rings is 1. The molecular weight excluding hydrogens is 472 g/mol. The predicted octanol–water partition coefficient (Wildman–Crippen LogP) is 2.88. The first-order valence-electron chi connectivity index (χ1n) is 11.9. The Morgan fingerprint density at radius 2 is 1.81 bits per heavy atom. The molecule has 0 spiro atoms. The second kappa shape index (κ2) is 10.7. The van der Waals surface area contributed by atoms with Crippen molar-refractivity contribution in [3.63, 3.8) is 0 Å². The van der Waals surface area contributed by atoms with Gasteiger partial charge < -0.3 is 24.4 Å². The van der Waals surface area contributed by atoms with Crippen molar-refractivity contribution in [1.82, 2.24) is 10.3 Å². The third kappa shape index (κ3) is 6.21. The van der Waals surface area contributed by atoms with Gasteiger partial charge in [0.1, 0.15) is 29.7 Å². The third-order valence-corrected chi connectivity index (χ3v) is 6.00. The van der Waals surface area contributed by atoms with Gasteiger partial charge in [0.25, 0.3) is 4.92 Å². The molecule has 1 aliphatic carbocycles. The summed E-state index contributed by atoms with van der Waals surface area (Å²) in [5, 5.41) is 2.84. The van der Waals surface area contributed by atoms with Gasteiger partial charge in [0.05, 0.1) is 16.6 Å². The molecule has 2 heterocycles. The molecule has 0 radical (unpaired) electrons. The molecule has 0 bridgehead atoms. The van der Waals surface area contributed by atoms with E-state index in [-0.39, 0.29) is 18.2 Å². The minimum absolute atomic E-state index is 0.189. The molecule has 4 atom stereocenters. The Hall–Kier alpha value is -3.44. The summed E-state index contributed by atoms with van der Waals surface area (Å²) >= 11 is 0. The van der Waals surface area contributed by atoms with Crippen LogP contribution in [0, 0.1) is 10.8 Å². The molecule has 198 valence electrons. The SMILES string of the molecule is CO[N+](=O)c1cnc2c(c1N1CC(C)C(OC(C)=O)C(NC(=O)OC(C)(C)C)C1)CCC2OC(C)=O. The number of ether oxygens (including phenoxy) is 3. The van der Waals surface area contributed by atoms with Crippen molar-refractivity contribution in [3.8, 4) is 0 Å². The topological polar surface area (TPSA) is 136 Å². The molecule has 0 aromatic carbocycles. The van der Waals surface area contributed by atoms with Gasteiger partial charge in [-0.1, -0.05) is 6.92 Å². The number of fused-ring (bicyclic) bond motifs is 1. The van der Waals surface area contributed by atoms with E-state index in [9.17, 15) is 19.3 Å². The van der Waals surface area contributed by atoms with Crippen LogP contribution in [0.3, 0.4) is 0 Å². The van der Waals surface area contributed by atoms with Gasteiger partial charge in [-0.25, -0.2) is 14.6 Å². The van der Waals surface area contributed by atoms with Gasteiger partial charge in [-0.05, 0) is 33.6 Å². The van der Waals surface area contributed by atoms with E-state index >= 15 is 0 Å². The average Bonchev–Trinajstić information content (AvgIpc) is 3.15. The van der Waals surface area contributed by atoms with Crippen LogP contribution in [0.1, 0.15) is 65.3 Å². The van der Waals surface area contributed by atoms with Crippen LogP contribution in [0.4, 0.5) is 16.2 Å². The first-order chi connectivity index (χ1) is 16.8. The predicted molar refractivity (Wildman–Crippen MR) is 127 cm³/mol. The van der Waals surface area contributed by atoms with Gasteiger partial charge in [-0.15, -0.1) is 0 Å². The maximum absolute atomic E-state index is 12.6. The van der Waals surface area contributed by atoms with Gasteiger partial charge in [-0.3, -0.25) is 9.59 Å². The van der Waals surface area contributed by atoms with Crippen LogP contribution in [-0.4, -0.2) is 65.9 Å². The van der Waals surface area contributed by atoms with E-state index in [0.717, 1.165) is 5.56 Å². The van der Waals surface area contributed by atoms with Crippen LogP contribution >= 0.6 is 0 Å². The number of nitrogens with one attached hydrogen (secondary N) is 1. The molecule has 1 fully saturated rings. The van der Waals surface area contributed by atoms with Gasteiger partial charge in [0.15, 0.2) is 7.11 Å². The first kappa shape index (κ1) is 27.2. The maximum Gasteiger partial charge on any atom is 0.408 e. The minimum atomic E-state index is -0.715. The molecule has 36 heavy (non-hydrogen) atoms. The number of piperidine rings is 1. The zero-order chi connectivity index (χ0) is 26.8. The van der Waals surface area contributed by atoms with E-state index in [1.54, 1.807) is 20.8 Å². The fraction of sp³-hybridized carbons (Fsp3) is 0.667. The molecule has 1 aromatic heterocycles. The maximum atomic E-state index is 12.6. The summed E-state index contributed by atoms with van der Waals surface area (Å²) in [6, 6.07) is -0.627. The number of alkyl carbamates (subject to hydrolysis) is 1. The van der Waals surface area contributed by atoms with Crippen molar-refractivity contribution >= 4 is 29.4 Å². The van der Waals surface area contributed by atoms with Crippen LogP contribution in [-0.2, 0) is 35.1 Å². The highest BCUT2D eigenvalue weighted by Crippen LogP contribution is 2.44. The Kier molecular flexibility index (Phi) is 8.05. The number of rotatable bonds is 6. The average molecular weight is 508 g/mol. The number of anilines is 1. The second-order valence-electron chi connectivity index (χ2n) is 10.1. The van der Waals surface area contributed by atoms with Gasteiger partial charge in [-0.2, -0.15) is 0 Å². The van der Waals surface area contributed by atoms with Crippen molar-refractivity contribution in [2.45, 2.75) is 78.2 Å². The Balaban J connectivity index is 2.01. The molecular formula is C24H35N4O8+. The molecule has 12 heteroatoms. The number of carbonyl (C=O) groups excluding carboxylic acids is 3. The molecule has 1 N–H and O–H groups in total. The number of amides is 1. The summed E-state index contributed by atoms with van der Waals surface area (Å²) in [7, 11) is 1.26. The van der Waals surface area contributed by atoms with Gasteiger partial charge >= 0.3 is 23.7 Å². The fourth-order valence-electron chi connectivity index (χ4n) is 4.80. The summed E-state index contributed by atoms with van der Waals surface area (Å²) in [5.41, 5.74) is 1.41. The Labute approximate surface area is 210 Å². The fourth-order valence-corrected chi connectivity index (χ4v) is 4.80. The monoisotopic (exact) mass is 507 g/mol. The largest absolute Gasteiger partial charge is 0.460 e. The number of aromatic nitrogens is 1. The van der Waals surface area contributed by atoms with Crippen molar-refractivity contribution in [2.24, 2.45) is 5.92 Å². The van der Waals surface area contributed by atoms with Crippen molar-refractivity contribution in [3.05, 3.63) is 22.4 Å². The van der Waals surface area contributed by atoms with Crippen LogP contribution < -0.4 is 10.2 Å². The molecule has 3 rings (SSSR count). The number of nitrogens with zero attached hydrogens (tertiary/aromatic N) is 3. The van der Waals surface area contributed by atoms with Gasteiger partial charge in [0.2, 0.25) is 0 Å². The van der Waals surface area contributed by atoms with Crippen LogP contribution in [0.25, 0.3) is 0 Å². The van der Waals surface area contributed by atoms with Crippen molar-refractivity contribution in [1.29, 1.82) is 0 Å². The molecule has 4 unspecified atom stereocenters. The van der Waals surface area contributed by atoms with Crippen LogP contribution in [0.2, 0.25) is 0 Å². The van der Waals surface area contributed by atoms with Crippen LogP contribution in [0.5, 0.6) is 0 Å². The highest BCUT2D eigenvalue weighted by atomic mass is 16.8. The van der Waals surface area contributed by atoms with Crippen molar-refractivity contribution < 1.29 is 38.4 Å². The highest BCUT2D eigenvalue weighted by molar-refractivity contribution is 5.72. The second-order valence-corrected chi connectivity index (χ2v) is 10.1. The number of esters is 2. The summed E-state index contributed by atoms with van der Waals surface area (Å²) in [5.74, 6) is -1.09. The lowest BCUT2D eigenvalue weighted by Gasteiger charge is -2.43. The lowest BCUT2D eigenvalue weighted by molar-refractivity contribution is -0.736. The molecule has 1 amide bonds. The van der Waals surface area contributed by atoms with Crippen LogP contribution in [0.15, 0.2) is 6.20 Å². The van der Waals surface area contributed by atoms with E-state index in [1.165, 1.54) is 27.2 Å². The van der Waals surface area contributed by atoms with E-state index in [0.29, 0.717) is 35.7 Å². The lowest BCUT2D eigenvalue weighted by Crippen LogP contribution is -2.60. The molecule has 0 saturated carbocycles. The third-order valence-electron chi connectivity index (χ3n) is 6.00. The van der Waals surface area contributed by atoms with E-state index in [4.69, 9.17) is 19.0 Å². The summed E-state index contributed by atoms with van der Waals surface area (Å²) in [6.45, 7) is 10.5. The molecule has 1 aromatic rings. The van der Waals surface area contributed by atoms with Gasteiger partial charge in [0, 0.05) is 38.4 Å². The zero-order valence-corrected chi connectivity index (χ0v) is 21.8. The highest BCUT2D eigenvalue weighted by Gasteiger charge is 2.43. The summed E-state index contributed by atoms with van der Waals surface area (Å²) in [6.07, 6.45) is 0.693. The first-order valence-corrected chi connectivity index (χ1v) is 11.9. The lowest BCUT2D eigenvalue weighted by atomic mass is 9.91. The summed E-state index contributed by atoms with van der Waals surface area (Å²) < 4.78 is 16.4. The van der Waals surface area contributed by atoms with E-state index < -0.39 is 41.9 Å². The standard InChI is InChI=1S/C24H34N4O8/c1-13-11-27(12-17(22(13)35-15(3)30)26-23(31)36-24(4,5)6)21-16-8-9-19(34-14(2)29)20(16)25-10-18(21)28(32)33-7/h10,13,17,19,22H,8-9,11-12H2,1-7H3/p+1. The van der Waals surface area contributed by atoms with Crippen molar-refractivity contribution in [2.75, 3.05) is 25.1 Å². The number of carbonyl (C=O) groups is 3. The summed E-state index contributed by atoms with van der Waals surface area (Å²) in [4.78, 5) is 60.4.